The molecule has 0 amide bonds. The van der Waals surface area contributed by atoms with Gasteiger partial charge in [-0.1, -0.05) is 18.5 Å². The molecule has 13 heteroatoms. The summed E-state index contributed by atoms with van der Waals surface area (Å²) in [7, 11) is 1.47. The minimum absolute atomic E-state index is 0.0348. The van der Waals surface area contributed by atoms with Crippen molar-refractivity contribution in [2.24, 2.45) is 11.0 Å². The molecule has 1 aromatic heterocycles. The van der Waals surface area contributed by atoms with Crippen LogP contribution in [0.5, 0.6) is 11.6 Å². The van der Waals surface area contributed by atoms with Gasteiger partial charge in [-0.2, -0.15) is 18.3 Å². The largest absolute Gasteiger partial charge is 0.487 e. The Morgan fingerprint density at radius 1 is 1.27 bits per heavy atom. The second-order valence-corrected chi connectivity index (χ2v) is 9.27. The summed E-state index contributed by atoms with van der Waals surface area (Å²) in [6, 6.07) is 6.60. The zero-order valence-electron chi connectivity index (χ0n) is 20.0. The van der Waals surface area contributed by atoms with Gasteiger partial charge in [0, 0.05) is 24.9 Å². The van der Waals surface area contributed by atoms with Crippen LogP contribution in [0.2, 0.25) is 5.02 Å². The second-order valence-electron chi connectivity index (χ2n) is 8.86. The van der Waals surface area contributed by atoms with Crippen LogP contribution in [0.25, 0.3) is 0 Å². The summed E-state index contributed by atoms with van der Waals surface area (Å²) in [6.45, 7) is 1.81. The van der Waals surface area contributed by atoms with Crippen molar-refractivity contribution in [2.75, 3.05) is 30.1 Å². The average Bonchev–Trinajstić information content (AvgIpc) is 3.17. The van der Waals surface area contributed by atoms with Gasteiger partial charge < -0.3 is 19.5 Å². The number of alkyl halides is 4. The first-order valence-electron chi connectivity index (χ1n) is 11.5. The van der Waals surface area contributed by atoms with E-state index in [0.29, 0.717) is 35.3 Å². The van der Waals surface area contributed by atoms with Gasteiger partial charge in [0.1, 0.15) is 17.6 Å². The molecular weight excluding hydrogens is 520 g/mol. The lowest BCUT2D eigenvalue weighted by molar-refractivity contribution is -0.137. The van der Waals surface area contributed by atoms with Gasteiger partial charge in [-0.25, -0.2) is 9.37 Å². The number of carbonyl (C=O) groups is 1. The summed E-state index contributed by atoms with van der Waals surface area (Å²) in [6.07, 6.45) is -5.49. The number of carboxylic acid groups (broad SMARTS) is 1. The monoisotopic (exact) mass is 544 g/mol. The Hall–Kier alpha value is -3.28. The highest BCUT2D eigenvalue weighted by molar-refractivity contribution is 6.33. The van der Waals surface area contributed by atoms with E-state index in [0.717, 1.165) is 5.01 Å². The molecule has 37 heavy (non-hydrogen) atoms. The minimum atomic E-state index is -4.68. The van der Waals surface area contributed by atoms with E-state index < -0.39 is 48.5 Å². The standard InChI is InChI=1S/C24H25ClF4N4O4/c1-13-18(10-22(34)35)33(31-23(13)24(27,28)29)14-3-5-15(6-4-14)37-20-7-8-32(12-17(20)26)19-9-21(36-2)30-11-16(19)25/h3-6,9,11,13,17-18,20H,7-8,10,12H2,1-2H3,(H,34,35). The molecule has 1 fully saturated rings. The number of benzene rings is 1. The molecule has 2 aromatic rings. The van der Waals surface area contributed by atoms with Gasteiger partial charge in [-0.05, 0) is 24.3 Å². The Morgan fingerprint density at radius 2 is 1.97 bits per heavy atom. The van der Waals surface area contributed by atoms with Crippen LogP contribution in [0.15, 0.2) is 41.6 Å². The van der Waals surface area contributed by atoms with Gasteiger partial charge in [-0.3, -0.25) is 9.80 Å². The molecule has 3 heterocycles. The van der Waals surface area contributed by atoms with Crippen LogP contribution in [0.3, 0.4) is 0 Å². The molecule has 0 aliphatic carbocycles. The SMILES string of the molecule is COc1cc(N2CCC(Oc3ccc(N4N=C(C(F)(F)F)C(C)C4CC(=O)O)cc3)C(F)C2)c(Cl)cn1. The number of pyridine rings is 1. The maximum atomic E-state index is 15.0. The molecule has 0 radical (unpaired) electrons. The third-order valence-electron chi connectivity index (χ3n) is 6.44. The number of piperidine rings is 1. The highest BCUT2D eigenvalue weighted by atomic mass is 35.5. The fourth-order valence-electron chi connectivity index (χ4n) is 4.53. The van der Waals surface area contributed by atoms with Crippen LogP contribution in [-0.2, 0) is 4.79 Å². The third-order valence-corrected chi connectivity index (χ3v) is 6.73. The molecule has 200 valence electrons. The van der Waals surface area contributed by atoms with Crippen molar-refractivity contribution in [3.05, 3.63) is 41.6 Å². The summed E-state index contributed by atoms with van der Waals surface area (Å²) in [4.78, 5) is 17.1. The van der Waals surface area contributed by atoms with Crippen molar-refractivity contribution >= 4 is 34.7 Å². The first kappa shape index (κ1) is 26.8. The Morgan fingerprint density at radius 3 is 2.57 bits per heavy atom. The fraction of sp³-hybridized carbons (Fsp3) is 0.458. The van der Waals surface area contributed by atoms with Crippen LogP contribution in [0.4, 0.5) is 28.9 Å². The van der Waals surface area contributed by atoms with Gasteiger partial charge in [-0.15, -0.1) is 0 Å². The molecule has 0 saturated carbocycles. The highest BCUT2D eigenvalue weighted by Gasteiger charge is 2.48. The number of nitrogens with zero attached hydrogens (tertiary/aromatic N) is 4. The van der Waals surface area contributed by atoms with Gasteiger partial charge in [0.2, 0.25) is 5.88 Å². The highest BCUT2D eigenvalue weighted by Crippen LogP contribution is 2.37. The molecule has 4 atom stereocenters. The molecule has 2 aliphatic heterocycles. The maximum absolute atomic E-state index is 15.0. The van der Waals surface area contributed by atoms with Crippen molar-refractivity contribution in [1.29, 1.82) is 0 Å². The summed E-state index contributed by atoms with van der Waals surface area (Å²) >= 11 is 6.23. The van der Waals surface area contributed by atoms with E-state index in [1.165, 1.54) is 44.5 Å². The first-order valence-corrected chi connectivity index (χ1v) is 11.9. The Kier molecular flexibility index (Phi) is 7.67. The van der Waals surface area contributed by atoms with Gasteiger partial charge >= 0.3 is 12.1 Å². The van der Waals surface area contributed by atoms with Gasteiger partial charge in [0.05, 0.1) is 48.7 Å². The predicted octanol–water partition coefficient (Wildman–Crippen LogP) is 4.96. The average molecular weight is 545 g/mol. The lowest BCUT2D eigenvalue weighted by Crippen LogP contribution is -2.47. The van der Waals surface area contributed by atoms with Crippen LogP contribution >= 0.6 is 11.6 Å². The Balaban J connectivity index is 1.44. The molecule has 1 N–H and O–H groups in total. The first-order chi connectivity index (χ1) is 17.5. The number of anilines is 2. The normalized spacial score (nSPS) is 24.1. The number of aliphatic carboxylic acids is 1. The molecule has 4 unspecified atom stereocenters. The maximum Gasteiger partial charge on any atom is 0.431 e. The zero-order valence-corrected chi connectivity index (χ0v) is 20.7. The number of aromatic nitrogens is 1. The number of methoxy groups -OCH3 is 1. The third kappa shape index (κ3) is 5.84. The fourth-order valence-corrected chi connectivity index (χ4v) is 4.76. The number of ether oxygens (including phenoxy) is 2. The van der Waals surface area contributed by atoms with Crippen LogP contribution in [0, 0.1) is 5.92 Å². The van der Waals surface area contributed by atoms with Crippen molar-refractivity contribution in [3.8, 4) is 11.6 Å². The van der Waals surface area contributed by atoms with Crippen molar-refractivity contribution in [1.82, 2.24) is 4.98 Å². The van der Waals surface area contributed by atoms with E-state index in [1.807, 2.05) is 0 Å². The molecule has 0 spiro atoms. The van der Waals surface area contributed by atoms with Gasteiger partial charge in [0.15, 0.2) is 6.17 Å². The number of hydrogen-bond acceptors (Lipinski definition) is 7. The molecule has 2 aliphatic rings. The summed E-state index contributed by atoms with van der Waals surface area (Å²) < 4.78 is 66.1. The van der Waals surface area contributed by atoms with Crippen LogP contribution in [-0.4, -0.2) is 66.5 Å². The lowest BCUT2D eigenvalue weighted by Gasteiger charge is -2.36. The molecule has 1 aromatic carbocycles. The van der Waals surface area contributed by atoms with Crippen molar-refractivity contribution in [2.45, 2.75) is 44.3 Å². The van der Waals surface area contributed by atoms with Gasteiger partial charge in [0.25, 0.3) is 0 Å². The van der Waals surface area contributed by atoms with E-state index in [4.69, 9.17) is 21.1 Å². The van der Waals surface area contributed by atoms with Crippen molar-refractivity contribution in [3.63, 3.8) is 0 Å². The van der Waals surface area contributed by atoms with E-state index >= 15 is 4.39 Å². The number of halogens is 5. The summed E-state index contributed by atoms with van der Waals surface area (Å²) in [5.74, 6) is -1.67. The summed E-state index contributed by atoms with van der Waals surface area (Å²) in [5, 5.41) is 14.3. The number of carboxylic acids is 1. The van der Waals surface area contributed by atoms with E-state index in [9.17, 15) is 23.1 Å². The van der Waals surface area contributed by atoms with E-state index in [2.05, 4.69) is 10.1 Å². The van der Waals surface area contributed by atoms with E-state index in [1.54, 1.807) is 11.0 Å². The molecule has 4 rings (SSSR count). The van der Waals surface area contributed by atoms with Crippen LogP contribution in [0.1, 0.15) is 19.8 Å². The topological polar surface area (TPSA) is 87.5 Å². The zero-order chi connectivity index (χ0) is 26.9. The second kappa shape index (κ2) is 10.6. The Bertz CT molecular complexity index is 1160. The predicted molar refractivity (Wildman–Crippen MR) is 130 cm³/mol. The number of hydrazone groups is 1. The molecular formula is C24H25ClF4N4O4. The van der Waals surface area contributed by atoms with Crippen molar-refractivity contribution < 1.29 is 36.9 Å². The Labute approximate surface area is 215 Å². The number of hydrogen-bond donors (Lipinski definition) is 1. The number of rotatable bonds is 7. The summed E-state index contributed by atoms with van der Waals surface area (Å²) in [5.41, 5.74) is -0.149. The lowest BCUT2D eigenvalue weighted by atomic mass is 9.94. The van der Waals surface area contributed by atoms with E-state index in [-0.39, 0.29) is 12.2 Å². The van der Waals surface area contributed by atoms with Crippen LogP contribution < -0.4 is 19.4 Å². The quantitative estimate of drug-likeness (QED) is 0.493. The molecule has 0 bridgehead atoms. The smallest absolute Gasteiger partial charge is 0.431 e. The molecule has 1 saturated heterocycles. The minimum Gasteiger partial charge on any atom is -0.487 e. The molecule has 8 nitrogen and oxygen atoms in total.